The number of hydrogen-bond acceptors (Lipinski definition) is 5. The second-order valence-electron chi connectivity index (χ2n) is 12.1. The number of allylic oxidation sites excluding steroid dienone is 4. The van der Waals surface area contributed by atoms with Crippen molar-refractivity contribution in [2.24, 2.45) is 34.5 Å². The smallest absolute Gasteiger partial charge is 0.382 e. The maximum atomic E-state index is 13.4. The molecule has 1 N–H and O–H groups in total. The first kappa shape index (κ1) is 30.2. The molecule has 0 aromatic rings. The number of likely N-dealkylation sites (N-methyl/N-ethyl adjacent to an activating group) is 1. The van der Waals surface area contributed by atoms with Gasteiger partial charge < -0.3 is 14.2 Å². The molecule has 0 aromatic heterocycles. The van der Waals surface area contributed by atoms with Crippen molar-refractivity contribution in [2.75, 3.05) is 7.05 Å². The molecule has 0 aromatic carbocycles. The van der Waals surface area contributed by atoms with Gasteiger partial charge in [0.2, 0.25) is 5.91 Å². The van der Waals surface area contributed by atoms with Gasteiger partial charge in [0.1, 0.15) is 5.76 Å². The van der Waals surface area contributed by atoms with Crippen molar-refractivity contribution in [3.8, 4) is 0 Å². The summed E-state index contributed by atoms with van der Waals surface area (Å²) in [5.74, 6) is -0.656. The van der Waals surface area contributed by atoms with Crippen LogP contribution in [0.3, 0.4) is 0 Å². The minimum absolute atomic E-state index is 0.0413. The highest BCUT2D eigenvalue weighted by atomic mass is 32.2. The highest BCUT2D eigenvalue weighted by molar-refractivity contribution is 7.87. The lowest BCUT2D eigenvalue weighted by Crippen LogP contribution is -2.54. The number of aliphatic hydroxyl groups is 1. The maximum absolute atomic E-state index is 13.4. The van der Waals surface area contributed by atoms with Crippen molar-refractivity contribution in [3.05, 3.63) is 23.5 Å². The summed E-state index contributed by atoms with van der Waals surface area (Å²) >= 11 is 0. The van der Waals surface area contributed by atoms with Gasteiger partial charge in [-0.05, 0) is 85.7 Å². The highest BCUT2D eigenvalue weighted by Gasteiger charge is 2.60. The summed E-state index contributed by atoms with van der Waals surface area (Å²) in [7, 11) is -4.45. The zero-order chi connectivity index (χ0) is 29.3. The normalized spacial score (nSPS) is 36.5. The molecular formula is C26H35F6NO5S. The van der Waals surface area contributed by atoms with E-state index in [9.17, 15) is 44.7 Å². The van der Waals surface area contributed by atoms with Gasteiger partial charge in [0, 0.05) is 19.4 Å². The van der Waals surface area contributed by atoms with Crippen LogP contribution in [0.25, 0.3) is 0 Å². The van der Waals surface area contributed by atoms with Crippen molar-refractivity contribution in [2.45, 2.75) is 89.5 Å². The molecule has 0 aliphatic heterocycles. The SMILES string of the molecule is CC(C(O)C(F)(F)F)N(C)C(=O)[C@H]1CC[C@H]2[C@@H]3CC=C4C=C(OS(=O)(=O)C(F)(F)F)CC[C@]4(C)[C@H]3CC[C@]12C. The zero-order valence-electron chi connectivity index (χ0n) is 22.3. The Morgan fingerprint density at radius 2 is 1.74 bits per heavy atom. The Balaban J connectivity index is 1.54. The van der Waals surface area contributed by atoms with Crippen LogP contribution in [-0.4, -0.2) is 55.2 Å². The van der Waals surface area contributed by atoms with Crippen molar-refractivity contribution < 1.29 is 48.8 Å². The number of nitrogens with zero attached hydrogens (tertiary/aromatic N) is 1. The molecule has 39 heavy (non-hydrogen) atoms. The van der Waals surface area contributed by atoms with Crippen molar-refractivity contribution in [3.63, 3.8) is 0 Å². The van der Waals surface area contributed by atoms with Crippen molar-refractivity contribution in [1.29, 1.82) is 0 Å². The molecule has 4 rings (SSSR count). The predicted octanol–water partition coefficient (Wildman–Crippen LogP) is 5.70. The number of halogens is 6. The fourth-order valence-corrected chi connectivity index (χ4v) is 8.40. The average Bonchev–Trinajstić information content (AvgIpc) is 3.18. The molecule has 222 valence electrons. The third-order valence-corrected chi connectivity index (χ3v) is 11.3. The van der Waals surface area contributed by atoms with E-state index in [1.807, 2.05) is 19.9 Å². The Kier molecular flexibility index (Phi) is 7.48. The summed E-state index contributed by atoms with van der Waals surface area (Å²) in [5.41, 5.74) is -5.59. The third kappa shape index (κ3) is 4.99. The summed E-state index contributed by atoms with van der Waals surface area (Å²) in [6, 6.07) is -1.43. The summed E-state index contributed by atoms with van der Waals surface area (Å²) in [6.45, 7) is 5.25. The molecule has 0 saturated heterocycles. The van der Waals surface area contributed by atoms with Gasteiger partial charge in [0.25, 0.3) is 0 Å². The summed E-state index contributed by atoms with van der Waals surface area (Å²) in [6.07, 6.45) is -0.430. The molecular weight excluding hydrogens is 552 g/mol. The highest BCUT2D eigenvalue weighted by Crippen LogP contribution is 2.66. The van der Waals surface area contributed by atoms with Gasteiger partial charge in [-0.1, -0.05) is 19.9 Å². The van der Waals surface area contributed by atoms with Crippen molar-refractivity contribution in [1.82, 2.24) is 4.90 Å². The number of carbonyl (C=O) groups excluding carboxylic acids is 1. The van der Waals surface area contributed by atoms with E-state index in [1.165, 1.54) is 20.0 Å². The number of aliphatic hydroxyl groups excluding tert-OH is 1. The Morgan fingerprint density at radius 3 is 2.33 bits per heavy atom. The van der Waals surface area contributed by atoms with E-state index in [0.717, 1.165) is 23.3 Å². The van der Waals surface area contributed by atoms with E-state index >= 15 is 0 Å². The van der Waals surface area contributed by atoms with Crippen LogP contribution in [0.2, 0.25) is 0 Å². The minimum atomic E-state index is -5.75. The Bertz CT molecular complexity index is 1160. The molecule has 0 spiro atoms. The summed E-state index contributed by atoms with van der Waals surface area (Å²) in [4.78, 5) is 14.5. The monoisotopic (exact) mass is 587 g/mol. The topological polar surface area (TPSA) is 83.9 Å². The first-order valence-corrected chi connectivity index (χ1v) is 14.6. The molecule has 1 amide bonds. The van der Waals surface area contributed by atoms with Crippen LogP contribution in [0.15, 0.2) is 23.5 Å². The molecule has 4 aliphatic rings. The van der Waals surface area contributed by atoms with Gasteiger partial charge in [-0.25, -0.2) is 0 Å². The Morgan fingerprint density at radius 1 is 1.10 bits per heavy atom. The predicted molar refractivity (Wildman–Crippen MR) is 129 cm³/mol. The van der Waals surface area contributed by atoms with E-state index in [4.69, 9.17) is 0 Å². The average molecular weight is 588 g/mol. The Labute approximate surface area is 224 Å². The van der Waals surface area contributed by atoms with Gasteiger partial charge >= 0.3 is 21.8 Å². The molecule has 0 heterocycles. The fraction of sp³-hybridized carbons (Fsp3) is 0.808. The second kappa shape index (κ2) is 9.66. The van der Waals surface area contributed by atoms with Gasteiger partial charge in [-0.15, -0.1) is 0 Å². The van der Waals surface area contributed by atoms with E-state index in [2.05, 4.69) is 4.18 Å². The van der Waals surface area contributed by atoms with Crippen LogP contribution < -0.4 is 0 Å². The number of rotatable bonds is 5. The number of amides is 1. The third-order valence-electron chi connectivity index (χ3n) is 10.3. The molecule has 4 aliphatic carbocycles. The first-order valence-electron chi connectivity index (χ1n) is 13.2. The first-order chi connectivity index (χ1) is 17.7. The Hall–Kier alpha value is -1.76. The number of fused-ring (bicyclic) bond motifs is 5. The number of hydrogen-bond donors (Lipinski definition) is 1. The minimum Gasteiger partial charge on any atom is -0.382 e. The van der Waals surface area contributed by atoms with Crippen LogP contribution in [0.1, 0.15) is 65.7 Å². The number of alkyl halides is 6. The van der Waals surface area contributed by atoms with Gasteiger partial charge in [-0.2, -0.15) is 34.8 Å². The molecule has 0 radical (unpaired) electrons. The van der Waals surface area contributed by atoms with E-state index in [0.29, 0.717) is 25.7 Å². The molecule has 8 atom stereocenters. The quantitative estimate of drug-likeness (QED) is 0.254. The molecule has 2 fully saturated rings. The second-order valence-corrected chi connectivity index (χ2v) is 13.7. The van der Waals surface area contributed by atoms with E-state index < -0.39 is 56.6 Å². The molecule has 13 heteroatoms. The lowest BCUT2D eigenvalue weighted by atomic mass is 9.48. The van der Waals surface area contributed by atoms with Crippen LogP contribution in [0.4, 0.5) is 26.3 Å². The zero-order valence-corrected chi connectivity index (χ0v) is 23.1. The van der Waals surface area contributed by atoms with Crippen LogP contribution >= 0.6 is 0 Å². The van der Waals surface area contributed by atoms with E-state index in [-0.39, 0.29) is 29.9 Å². The standard InChI is InChI=1S/C26H35F6NO5S/c1-14(21(34)25(27,28)29)33(4)22(35)20-8-7-18-17-6-5-15-13-16(38-39(36,37)26(30,31)32)9-11-23(15,2)19(17)10-12-24(18,20)3/h5,13-14,17-21,34H,6-12H2,1-4H3/t14?,17-,18-,19-,20+,21?,23-,24-/m0/s1. The number of carbonyl (C=O) groups is 1. The van der Waals surface area contributed by atoms with Crippen LogP contribution in [-0.2, 0) is 19.1 Å². The van der Waals surface area contributed by atoms with Crippen LogP contribution in [0, 0.1) is 34.5 Å². The summed E-state index contributed by atoms with van der Waals surface area (Å²) < 4.78 is 105. The molecule has 6 nitrogen and oxygen atoms in total. The van der Waals surface area contributed by atoms with Gasteiger partial charge in [-0.3, -0.25) is 4.79 Å². The molecule has 0 bridgehead atoms. The molecule has 2 saturated carbocycles. The van der Waals surface area contributed by atoms with Crippen molar-refractivity contribution >= 4 is 16.0 Å². The van der Waals surface area contributed by atoms with Gasteiger partial charge in [0.05, 0.1) is 6.04 Å². The fourth-order valence-electron chi connectivity index (χ4n) is 7.89. The largest absolute Gasteiger partial charge is 0.534 e. The van der Waals surface area contributed by atoms with E-state index in [1.54, 1.807) is 0 Å². The lowest BCUT2D eigenvalue weighted by molar-refractivity contribution is -0.219. The van der Waals surface area contributed by atoms with Crippen LogP contribution in [0.5, 0.6) is 0 Å². The van der Waals surface area contributed by atoms with Gasteiger partial charge in [0.15, 0.2) is 6.10 Å². The maximum Gasteiger partial charge on any atom is 0.534 e. The summed E-state index contributed by atoms with van der Waals surface area (Å²) in [5, 5.41) is 9.70. The molecule has 2 unspecified atom stereocenters. The lowest BCUT2D eigenvalue weighted by Gasteiger charge is -2.57.